The molecule has 10 heteroatoms. The smallest absolute Gasteiger partial charge is 0.273 e. The molecule has 8 nitrogen and oxygen atoms in total. The molecular weight excluding hydrogens is 468 g/mol. The molecule has 5 atom stereocenters. The molecule has 0 spiro atoms. The van der Waals surface area contributed by atoms with Gasteiger partial charge < -0.3 is 20.4 Å². The number of aliphatic hydroxyl groups is 2. The summed E-state index contributed by atoms with van der Waals surface area (Å²) in [6.45, 7) is 6.02. The number of fused-ring (bicyclic) bond motifs is 1. The van der Waals surface area contributed by atoms with Crippen LogP contribution in [0.5, 0.6) is 0 Å². The third-order valence-electron chi connectivity index (χ3n) is 7.69. The van der Waals surface area contributed by atoms with E-state index in [1.165, 1.54) is 6.33 Å². The third-order valence-corrected chi connectivity index (χ3v) is 7.69. The van der Waals surface area contributed by atoms with Crippen LogP contribution in [0.25, 0.3) is 0 Å². The van der Waals surface area contributed by atoms with E-state index in [1.54, 1.807) is 18.7 Å². The summed E-state index contributed by atoms with van der Waals surface area (Å²) in [5.74, 6) is -1.09. The number of rotatable bonds is 5. The van der Waals surface area contributed by atoms with Crippen LogP contribution in [0.2, 0.25) is 0 Å². The molecule has 1 aromatic heterocycles. The summed E-state index contributed by atoms with van der Waals surface area (Å²) < 4.78 is 28.6. The molecule has 36 heavy (non-hydrogen) atoms. The maximum absolute atomic E-state index is 14.6. The average molecular weight is 500 g/mol. The van der Waals surface area contributed by atoms with Crippen molar-refractivity contribution in [3.63, 3.8) is 0 Å². The van der Waals surface area contributed by atoms with Gasteiger partial charge in [-0.1, -0.05) is 6.92 Å². The van der Waals surface area contributed by atoms with Gasteiger partial charge in [-0.2, -0.15) is 0 Å². The normalized spacial score (nSPS) is 27.8. The zero-order valence-electron chi connectivity index (χ0n) is 20.6. The lowest BCUT2D eigenvalue weighted by molar-refractivity contribution is -0.125. The maximum Gasteiger partial charge on any atom is 0.273 e. The first-order valence-corrected chi connectivity index (χ1v) is 12.3. The van der Waals surface area contributed by atoms with E-state index >= 15 is 0 Å². The van der Waals surface area contributed by atoms with E-state index in [0.717, 1.165) is 18.2 Å². The van der Waals surface area contributed by atoms with Gasteiger partial charge in [0.15, 0.2) is 0 Å². The molecule has 3 aliphatic rings. The Hall–Kier alpha value is -2.98. The standard InChI is InChI=1S/C26H31F2N5O3/c1-13-6-20(16-9-15(27)4-5-17(16)28)33(11-13)25(35)23-22-19(10-29-23)30-12-31-24(22)32-18-7-14(8-21(18)34)26(2,3)36/h4-5,9,12-14,18,20-21,34,36H,6-8,10-11H2,1-3H3,(H,30,31,32)/t13-,14+,18+,20+,21+/m0/s1. The third kappa shape index (κ3) is 4.48. The van der Waals surface area contributed by atoms with E-state index in [0.29, 0.717) is 42.9 Å². The second-order valence-electron chi connectivity index (χ2n) is 10.8. The number of anilines is 1. The highest BCUT2D eigenvalue weighted by molar-refractivity contribution is 6.47. The van der Waals surface area contributed by atoms with Gasteiger partial charge in [-0.05, 0) is 63.1 Å². The molecule has 1 amide bonds. The van der Waals surface area contributed by atoms with E-state index in [-0.39, 0.29) is 41.6 Å². The minimum atomic E-state index is -0.929. The van der Waals surface area contributed by atoms with Crippen LogP contribution in [0.4, 0.5) is 14.6 Å². The van der Waals surface area contributed by atoms with Crippen LogP contribution in [0.3, 0.4) is 0 Å². The van der Waals surface area contributed by atoms with Crippen LogP contribution in [0, 0.1) is 23.5 Å². The van der Waals surface area contributed by atoms with Crippen molar-refractivity contribution in [1.29, 1.82) is 0 Å². The topological polar surface area (TPSA) is 111 Å². The summed E-state index contributed by atoms with van der Waals surface area (Å²) in [4.78, 5) is 28.5. The fourth-order valence-electron chi connectivity index (χ4n) is 5.70. The van der Waals surface area contributed by atoms with E-state index in [4.69, 9.17) is 0 Å². The van der Waals surface area contributed by atoms with Crippen molar-refractivity contribution in [1.82, 2.24) is 14.9 Å². The van der Waals surface area contributed by atoms with Crippen molar-refractivity contribution in [2.75, 3.05) is 11.9 Å². The Morgan fingerprint density at radius 2 is 1.97 bits per heavy atom. The largest absolute Gasteiger partial charge is 0.391 e. The van der Waals surface area contributed by atoms with Gasteiger partial charge in [0.05, 0.1) is 41.6 Å². The minimum Gasteiger partial charge on any atom is -0.391 e. The van der Waals surface area contributed by atoms with Gasteiger partial charge in [0.25, 0.3) is 5.91 Å². The highest BCUT2D eigenvalue weighted by Crippen LogP contribution is 2.39. The zero-order chi connectivity index (χ0) is 25.8. The maximum atomic E-state index is 14.6. The first-order valence-electron chi connectivity index (χ1n) is 12.3. The van der Waals surface area contributed by atoms with E-state index in [1.807, 2.05) is 6.92 Å². The van der Waals surface area contributed by atoms with Gasteiger partial charge in [0.2, 0.25) is 0 Å². The van der Waals surface area contributed by atoms with Gasteiger partial charge in [-0.25, -0.2) is 18.7 Å². The van der Waals surface area contributed by atoms with Crippen molar-refractivity contribution in [2.45, 2.75) is 70.4 Å². The Balaban J connectivity index is 1.43. The van der Waals surface area contributed by atoms with Crippen LogP contribution in [-0.2, 0) is 11.3 Å². The summed E-state index contributed by atoms with van der Waals surface area (Å²) in [7, 11) is 0. The van der Waals surface area contributed by atoms with Crippen LogP contribution >= 0.6 is 0 Å². The Labute approximate surface area is 208 Å². The Morgan fingerprint density at radius 3 is 2.69 bits per heavy atom. The van der Waals surface area contributed by atoms with Crippen LogP contribution in [0.1, 0.15) is 62.9 Å². The number of hydrogen-bond acceptors (Lipinski definition) is 7. The molecule has 0 unspecified atom stereocenters. The van der Waals surface area contributed by atoms with Crippen LogP contribution in [-0.4, -0.2) is 61.0 Å². The SMILES string of the molecule is C[C@H]1C[C@H](c2cc(F)ccc2F)N(C(=O)C2=NCc3ncnc(N[C@@H]4C[C@@H](C(C)(C)O)C[C@H]4O)c32)C1. The minimum absolute atomic E-state index is 0.0948. The Morgan fingerprint density at radius 1 is 1.19 bits per heavy atom. The van der Waals surface area contributed by atoms with Crippen molar-refractivity contribution in [2.24, 2.45) is 16.8 Å². The number of nitrogens with zero attached hydrogens (tertiary/aromatic N) is 4. The van der Waals surface area contributed by atoms with Crippen molar-refractivity contribution in [3.8, 4) is 0 Å². The summed E-state index contributed by atoms with van der Waals surface area (Å²) in [6.07, 6.45) is 2.19. The number of aliphatic hydroxyl groups excluding tert-OH is 1. The lowest BCUT2D eigenvalue weighted by Crippen LogP contribution is -2.38. The van der Waals surface area contributed by atoms with Gasteiger partial charge in [-0.15, -0.1) is 0 Å². The summed E-state index contributed by atoms with van der Waals surface area (Å²) in [6, 6.07) is 2.33. The predicted octanol–water partition coefficient (Wildman–Crippen LogP) is 2.99. The van der Waals surface area contributed by atoms with E-state index in [2.05, 4.69) is 20.3 Å². The number of carbonyl (C=O) groups is 1. The molecule has 2 aliphatic heterocycles. The average Bonchev–Trinajstić information content (AvgIpc) is 3.52. The molecule has 1 saturated carbocycles. The van der Waals surface area contributed by atoms with E-state index in [9.17, 15) is 23.8 Å². The second-order valence-corrected chi connectivity index (χ2v) is 10.8. The van der Waals surface area contributed by atoms with Crippen LogP contribution < -0.4 is 5.32 Å². The molecule has 3 heterocycles. The molecule has 2 fully saturated rings. The number of amides is 1. The van der Waals surface area contributed by atoms with Crippen LogP contribution in [0.15, 0.2) is 29.5 Å². The molecule has 1 aliphatic carbocycles. The number of hydrogen-bond donors (Lipinski definition) is 3. The lowest BCUT2D eigenvalue weighted by atomic mass is 9.89. The molecule has 192 valence electrons. The second kappa shape index (κ2) is 9.15. The first kappa shape index (κ1) is 24.7. The number of carbonyl (C=O) groups excluding carboxylic acids is 1. The number of benzene rings is 1. The summed E-state index contributed by atoms with van der Waals surface area (Å²) in [5, 5.41) is 24.3. The Bertz CT molecular complexity index is 1210. The summed E-state index contributed by atoms with van der Waals surface area (Å²) >= 11 is 0. The number of aromatic nitrogens is 2. The number of aliphatic imine (C=N–C) groups is 1. The van der Waals surface area contributed by atoms with E-state index < -0.39 is 29.4 Å². The molecule has 1 saturated heterocycles. The van der Waals surface area contributed by atoms with Gasteiger partial charge in [-0.3, -0.25) is 9.79 Å². The Kier molecular flexibility index (Phi) is 6.28. The monoisotopic (exact) mass is 499 g/mol. The first-order chi connectivity index (χ1) is 17.0. The molecule has 0 bridgehead atoms. The zero-order valence-corrected chi connectivity index (χ0v) is 20.6. The molecular formula is C26H31F2N5O3. The molecule has 2 aromatic rings. The molecule has 1 aromatic carbocycles. The highest BCUT2D eigenvalue weighted by Gasteiger charge is 2.43. The summed E-state index contributed by atoms with van der Waals surface area (Å²) in [5.41, 5.74) is 0.459. The molecule has 3 N–H and O–H groups in total. The number of likely N-dealkylation sites (tertiary alicyclic amines) is 1. The number of halogens is 2. The van der Waals surface area contributed by atoms with Crippen molar-refractivity contribution in [3.05, 3.63) is 53.0 Å². The van der Waals surface area contributed by atoms with Crippen molar-refractivity contribution >= 4 is 17.4 Å². The van der Waals surface area contributed by atoms with Gasteiger partial charge >= 0.3 is 0 Å². The fourth-order valence-corrected chi connectivity index (χ4v) is 5.70. The quantitative estimate of drug-likeness (QED) is 0.583. The predicted molar refractivity (Wildman–Crippen MR) is 129 cm³/mol. The van der Waals surface area contributed by atoms with Crippen molar-refractivity contribution < 1.29 is 23.8 Å². The highest BCUT2D eigenvalue weighted by atomic mass is 19.1. The fraction of sp³-hybridized carbons (Fsp3) is 0.538. The molecule has 5 rings (SSSR count). The number of nitrogens with one attached hydrogen (secondary N) is 1. The van der Waals surface area contributed by atoms with Gasteiger partial charge in [0, 0.05) is 12.1 Å². The van der Waals surface area contributed by atoms with Gasteiger partial charge in [0.1, 0.15) is 29.5 Å². The lowest BCUT2D eigenvalue weighted by Gasteiger charge is -2.26. The molecule has 0 radical (unpaired) electrons.